The number of benzene rings is 1. The average molecular weight is 330 g/mol. The maximum Gasteiger partial charge on any atom is 0.315 e. The first kappa shape index (κ1) is 17.8. The van der Waals surface area contributed by atoms with Crippen molar-refractivity contribution in [2.75, 3.05) is 7.11 Å². The molecule has 0 aliphatic heterocycles. The molecule has 24 heavy (non-hydrogen) atoms. The van der Waals surface area contributed by atoms with Gasteiger partial charge in [0.15, 0.2) is 0 Å². The monoisotopic (exact) mass is 330 g/mol. The molecule has 0 spiro atoms. The van der Waals surface area contributed by atoms with E-state index in [9.17, 15) is 4.79 Å². The Morgan fingerprint density at radius 3 is 2.54 bits per heavy atom. The third kappa shape index (κ3) is 5.95. The van der Waals surface area contributed by atoms with E-state index in [0.29, 0.717) is 6.54 Å². The molecular formula is C18H26N4O2. The minimum Gasteiger partial charge on any atom is -0.497 e. The van der Waals surface area contributed by atoms with Crippen molar-refractivity contribution in [3.05, 3.63) is 48.3 Å². The van der Waals surface area contributed by atoms with Crippen LogP contribution in [0.1, 0.15) is 25.8 Å². The standard InChI is InChI=1S/C18H26N4O2/c1-14(5-6-16-7-9-17(24-3)10-8-16)20-18(23)21-15(2)13-22-12-4-11-19-22/h4,7-12,14-15H,5-6,13H2,1-3H3,(H2,20,21,23)/t14-,15-/m1/s1. The molecule has 2 aromatic rings. The van der Waals surface area contributed by atoms with Gasteiger partial charge in [0, 0.05) is 24.5 Å². The summed E-state index contributed by atoms with van der Waals surface area (Å²) in [5.74, 6) is 0.857. The predicted octanol–water partition coefficient (Wildman–Crippen LogP) is 2.60. The van der Waals surface area contributed by atoms with E-state index in [1.54, 1.807) is 18.0 Å². The normalized spacial score (nSPS) is 13.1. The van der Waals surface area contributed by atoms with E-state index in [-0.39, 0.29) is 18.1 Å². The molecule has 0 radical (unpaired) electrons. The van der Waals surface area contributed by atoms with Gasteiger partial charge in [-0.15, -0.1) is 0 Å². The van der Waals surface area contributed by atoms with Crippen molar-refractivity contribution in [2.45, 2.75) is 45.3 Å². The fourth-order valence-electron chi connectivity index (χ4n) is 2.47. The molecule has 0 bridgehead atoms. The van der Waals surface area contributed by atoms with E-state index in [1.807, 2.05) is 38.2 Å². The Balaban J connectivity index is 1.68. The Bertz CT molecular complexity index is 610. The number of nitrogens with zero attached hydrogens (tertiary/aromatic N) is 2. The molecule has 6 nitrogen and oxygen atoms in total. The van der Waals surface area contributed by atoms with Crippen LogP contribution in [0.25, 0.3) is 0 Å². The summed E-state index contributed by atoms with van der Waals surface area (Å²) in [6.45, 7) is 4.63. The van der Waals surface area contributed by atoms with Gasteiger partial charge < -0.3 is 15.4 Å². The highest BCUT2D eigenvalue weighted by molar-refractivity contribution is 5.74. The quantitative estimate of drug-likeness (QED) is 0.782. The summed E-state index contributed by atoms with van der Waals surface area (Å²) in [7, 11) is 1.66. The lowest BCUT2D eigenvalue weighted by Crippen LogP contribution is -2.45. The molecule has 0 saturated carbocycles. The maximum absolute atomic E-state index is 12.0. The molecule has 2 atom stereocenters. The van der Waals surface area contributed by atoms with Crippen LogP contribution in [0.2, 0.25) is 0 Å². The van der Waals surface area contributed by atoms with Crippen molar-refractivity contribution in [1.29, 1.82) is 0 Å². The molecule has 130 valence electrons. The van der Waals surface area contributed by atoms with Crippen molar-refractivity contribution in [3.8, 4) is 5.75 Å². The van der Waals surface area contributed by atoms with Gasteiger partial charge in [0.05, 0.1) is 13.7 Å². The third-order valence-corrected chi connectivity index (χ3v) is 3.80. The smallest absolute Gasteiger partial charge is 0.315 e. The van der Waals surface area contributed by atoms with Crippen molar-refractivity contribution in [3.63, 3.8) is 0 Å². The van der Waals surface area contributed by atoms with Crippen molar-refractivity contribution < 1.29 is 9.53 Å². The number of rotatable bonds is 8. The van der Waals surface area contributed by atoms with Crippen molar-refractivity contribution in [1.82, 2.24) is 20.4 Å². The van der Waals surface area contributed by atoms with Crippen LogP contribution in [0, 0.1) is 0 Å². The lowest BCUT2D eigenvalue weighted by Gasteiger charge is -2.18. The van der Waals surface area contributed by atoms with Crippen LogP contribution in [0.3, 0.4) is 0 Å². The van der Waals surface area contributed by atoms with Crippen LogP contribution in [0.15, 0.2) is 42.7 Å². The van der Waals surface area contributed by atoms with Gasteiger partial charge in [-0.3, -0.25) is 4.68 Å². The molecule has 0 aliphatic carbocycles. The third-order valence-electron chi connectivity index (χ3n) is 3.80. The van der Waals surface area contributed by atoms with Gasteiger partial charge in [-0.2, -0.15) is 5.10 Å². The molecule has 2 amide bonds. The molecular weight excluding hydrogens is 304 g/mol. The van der Waals surface area contributed by atoms with Gasteiger partial charge in [0.25, 0.3) is 0 Å². The minimum absolute atomic E-state index is 0.0127. The minimum atomic E-state index is -0.142. The Morgan fingerprint density at radius 2 is 1.92 bits per heavy atom. The molecule has 2 rings (SSSR count). The number of nitrogens with one attached hydrogen (secondary N) is 2. The zero-order valence-electron chi connectivity index (χ0n) is 14.5. The SMILES string of the molecule is COc1ccc(CC[C@@H](C)NC(=O)N[C@H](C)Cn2cccn2)cc1. The second-order valence-electron chi connectivity index (χ2n) is 6.03. The van der Waals surface area contributed by atoms with Gasteiger partial charge in [0.1, 0.15) is 5.75 Å². The number of aryl methyl sites for hydroxylation is 1. The first-order chi connectivity index (χ1) is 11.6. The number of aromatic nitrogens is 2. The van der Waals surface area contributed by atoms with Gasteiger partial charge in [-0.05, 0) is 50.5 Å². The van der Waals surface area contributed by atoms with Gasteiger partial charge in [-0.25, -0.2) is 4.79 Å². The molecule has 1 aromatic heterocycles. The topological polar surface area (TPSA) is 68.2 Å². The zero-order chi connectivity index (χ0) is 17.4. The van der Waals surface area contributed by atoms with Crippen LogP contribution in [-0.2, 0) is 13.0 Å². The molecule has 0 fully saturated rings. The average Bonchev–Trinajstić information content (AvgIpc) is 3.06. The number of carbonyl (C=O) groups excluding carboxylic acids is 1. The summed E-state index contributed by atoms with van der Waals surface area (Å²) < 4.78 is 6.95. The first-order valence-electron chi connectivity index (χ1n) is 8.24. The Hall–Kier alpha value is -2.50. The molecule has 0 aliphatic rings. The number of urea groups is 1. The number of hydrogen-bond acceptors (Lipinski definition) is 3. The lowest BCUT2D eigenvalue weighted by atomic mass is 10.1. The molecule has 1 aromatic carbocycles. The van der Waals surface area contributed by atoms with Gasteiger partial charge >= 0.3 is 6.03 Å². The largest absolute Gasteiger partial charge is 0.497 e. The van der Waals surface area contributed by atoms with E-state index < -0.39 is 0 Å². The number of ether oxygens (including phenoxy) is 1. The van der Waals surface area contributed by atoms with Crippen molar-refractivity contribution >= 4 is 6.03 Å². The first-order valence-corrected chi connectivity index (χ1v) is 8.24. The van der Waals surface area contributed by atoms with Crippen molar-refractivity contribution in [2.24, 2.45) is 0 Å². The molecule has 0 saturated heterocycles. The van der Waals surface area contributed by atoms with Gasteiger partial charge in [0.2, 0.25) is 0 Å². The highest BCUT2D eigenvalue weighted by Gasteiger charge is 2.11. The molecule has 6 heteroatoms. The second-order valence-corrected chi connectivity index (χ2v) is 6.03. The highest BCUT2D eigenvalue weighted by atomic mass is 16.5. The number of methoxy groups -OCH3 is 1. The number of hydrogen-bond donors (Lipinski definition) is 2. The fourth-order valence-corrected chi connectivity index (χ4v) is 2.47. The van der Waals surface area contributed by atoms with Gasteiger partial charge in [-0.1, -0.05) is 12.1 Å². The Morgan fingerprint density at radius 1 is 1.21 bits per heavy atom. The molecule has 2 N–H and O–H groups in total. The summed E-state index contributed by atoms with van der Waals surface area (Å²) >= 11 is 0. The van der Waals surface area contributed by atoms with E-state index in [0.717, 1.165) is 18.6 Å². The Kier molecular flexibility index (Phi) is 6.66. The van der Waals surface area contributed by atoms with Crippen LogP contribution in [0.5, 0.6) is 5.75 Å². The van der Waals surface area contributed by atoms with E-state index in [1.165, 1.54) is 5.56 Å². The summed E-state index contributed by atoms with van der Waals surface area (Å²) in [6, 6.07) is 9.86. The number of amides is 2. The van der Waals surface area contributed by atoms with Crippen LogP contribution in [0.4, 0.5) is 4.79 Å². The lowest BCUT2D eigenvalue weighted by molar-refractivity contribution is 0.232. The summed E-state index contributed by atoms with van der Waals surface area (Å²) in [5.41, 5.74) is 1.23. The fraction of sp³-hybridized carbons (Fsp3) is 0.444. The van der Waals surface area contributed by atoms with Crippen LogP contribution >= 0.6 is 0 Å². The molecule has 0 unspecified atom stereocenters. The van der Waals surface area contributed by atoms with E-state index in [4.69, 9.17) is 4.74 Å². The molecule has 1 heterocycles. The van der Waals surface area contributed by atoms with E-state index >= 15 is 0 Å². The second kappa shape index (κ2) is 8.96. The van der Waals surface area contributed by atoms with E-state index in [2.05, 4.69) is 27.9 Å². The number of carbonyl (C=O) groups is 1. The maximum atomic E-state index is 12.0. The zero-order valence-corrected chi connectivity index (χ0v) is 14.5. The Labute approximate surface area is 143 Å². The highest BCUT2D eigenvalue weighted by Crippen LogP contribution is 2.13. The summed E-state index contributed by atoms with van der Waals surface area (Å²) in [5, 5.41) is 10.0. The summed E-state index contributed by atoms with van der Waals surface area (Å²) in [4.78, 5) is 12.0. The van der Waals surface area contributed by atoms with Crippen LogP contribution in [-0.4, -0.2) is 35.0 Å². The predicted molar refractivity (Wildman–Crippen MR) is 94.1 cm³/mol. The summed E-state index contributed by atoms with van der Waals surface area (Å²) in [6.07, 6.45) is 5.41. The van der Waals surface area contributed by atoms with Crippen LogP contribution < -0.4 is 15.4 Å².